The van der Waals surface area contributed by atoms with Crippen LogP contribution in [-0.4, -0.2) is 21.6 Å². The first-order valence-corrected chi connectivity index (χ1v) is 5.29. The minimum absolute atomic E-state index is 0.515. The SMILES string of the molecule is CCC(C)(Nc1nc(C)cs1)C(=O)O. The second-order valence-corrected chi connectivity index (χ2v) is 4.27. The zero-order valence-electron chi connectivity index (χ0n) is 8.50. The van der Waals surface area contributed by atoms with E-state index in [1.54, 1.807) is 6.92 Å². The highest BCUT2D eigenvalue weighted by Crippen LogP contribution is 2.22. The van der Waals surface area contributed by atoms with Gasteiger partial charge in [0.05, 0.1) is 5.69 Å². The number of carboxylic acids is 1. The summed E-state index contributed by atoms with van der Waals surface area (Å²) < 4.78 is 0. The van der Waals surface area contributed by atoms with Gasteiger partial charge in [0.1, 0.15) is 5.54 Å². The molecule has 4 nitrogen and oxygen atoms in total. The van der Waals surface area contributed by atoms with E-state index in [0.29, 0.717) is 11.6 Å². The summed E-state index contributed by atoms with van der Waals surface area (Å²) in [6, 6.07) is 0. The Hall–Kier alpha value is -1.10. The van der Waals surface area contributed by atoms with Crippen LogP contribution in [0.5, 0.6) is 0 Å². The average molecular weight is 214 g/mol. The van der Waals surface area contributed by atoms with Crippen molar-refractivity contribution in [3.8, 4) is 0 Å². The molecule has 0 aliphatic carbocycles. The highest BCUT2D eigenvalue weighted by atomic mass is 32.1. The first kappa shape index (κ1) is 11.0. The topological polar surface area (TPSA) is 62.2 Å². The van der Waals surface area contributed by atoms with Gasteiger partial charge >= 0.3 is 5.97 Å². The van der Waals surface area contributed by atoms with Crippen LogP contribution in [0.15, 0.2) is 5.38 Å². The summed E-state index contributed by atoms with van der Waals surface area (Å²) in [7, 11) is 0. The van der Waals surface area contributed by atoms with Crippen LogP contribution in [0, 0.1) is 6.92 Å². The summed E-state index contributed by atoms with van der Waals surface area (Å²) in [4.78, 5) is 15.1. The molecule has 14 heavy (non-hydrogen) atoms. The lowest BCUT2D eigenvalue weighted by Gasteiger charge is -2.23. The Morgan fingerprint density at radius 2 is 2.43 bits per heavy atom. The van der Waals surface area contributed by atoms with Crippen LogP contribution >= 0.6 is 11.3 Å². The first-order valence-electron chi connectivity index (χ1n) is 4.41. The Balaban J connectivity index is 2.80. The lowest BCUT2D eigenvalue weighted by atomic mass is 10.00. The third-order valence-electron chi connectivity index (χ3n) is 2.18. The molecule has 0 aliphatic heterocycles. The molecule has 5 heteroatoms. The number of thiazole rings is 1. The maximum Gasteiger partial charge on any atom is 0.329 e. The molecule has 1 aromatic heterocycles. The van der Waals surface area contributed by atoms with Crippen LogP contribution in [0.3, 0.4) is 0 Å². The molecule has 0 fully saturated rings. The third-order valence-corrected chi connectivity index (χ3v) is 3.06. The fraction of sp³-hybridized carbons (Fsp3) is 0.556. The maximum atomic E-state index is 11.0. The third kappa shape index (κ3) is 2.23. The van der Waals surface area contributed by atoms with Gasteiger partial charge in [-0.15, -0.1) is 11.3 Å². The van der Waals surface area contributed by atoms with Gasteiger partial charge in [-0.3, -0.25) is 0 Å². The number of aromatic nitrogens is 1. The average Bonchev–Trinajstić information content (AvgIpc) is 2.50. The van der Waals surface area contributed by atoms with Gasteiger partial charge in [0.2, 0.25) is 0 Å². The number of nitrogens with one attached hydrogen (secondary N) is 1. The normalized spacial score (nSPS) is 14.8. The fourth-order valence-electron chi connectivity index (χ4n) is 0.940. The van der Waals surface area contributed by atoms with Gasteiger partial charge in [0.15, 0.2) is 5.13 Å². The lowest BCUT2D eigenvalue weighted by Crippen LogP contribution is -2.42. The van der Waals surface area contributed by atoms with Crippen molar-refractivity contribution in [1.29, 1.82) is 0 Å². The lowest BCUT2D eigenvalue weighted by molar-refractivity contribution is -0.141. The van der Waals surface area contributed by atoms with Gasteiger partial charge in [0.25, 0.3) is 0 Å². The van der Waals surface area contributed by atoms with Crippen molar-refractivity contribution >= 4 is 22.4 Å². The molecule has 0 saturated carbocycles. The molecule has 1 rings (SSSR count). The molecule has 1 heterocycles. The molecule has 1 unspecified atom stereocenters. The Bertz CT molecular complexity index is 337. The Labute approximate surface area is 87.0 Å². The molecule has 78 valence electrons. The van der Waals surface area contributed by atoms with E-state index in [4.69, 9.17) is 5.11 Å². The van der Waals surface area contributed by atoms with Crippen LogP contribution < -0.4 is 5.32 Å². The van der Waals surface area contributed by atoms with Crippen molar-refractivity contribution in [3.63, 3.8) is 0 Å². The largest absolute Gasteiger partial charge is 0.480 e. The van der Waals surface area contributed by atoms with Gasteiger partial charge in [-0.1, -0.05) is 6.92 Å². The summed E-state index contributed by atoms with van der Waals surface area (Å²) in [5.41, 5.74) is -0.0223. The predicted molar refractivity (Wildman–Crippen MR) is 56.8 cm³/mol. The maximum absolute atomic E-state index is 11.0. The summed E-state index contributed by atoms with van der Waals surface area (Å²) in [5.74, 6) is -0.854. The van der Waals surface area contributed by atoms with Crippen molar-refractivity contribution in [3.05, 3.63) is 11.1 Å². The predicted octanol–water partition coefficient (Wildman–Crippen LogP) is 2.12. The van der Waals surface area contributed by atoms with E-state index >= 15 is 0 Å². The van der Waals surface area contributed by atoms with E-state index < -0.39 is 11.5 Å². The molecule has 0 radical (unpaired) electrons. The Morgan fingerprint density at radius 1 is 1.79 bits per heavy atom. The van der Waals surface area contributed by atoms with Crippen molar-refractivity contribution in [2.75, 3.05) is 5.32 Å². The smallest absolute Gasteiger partial charge is 0.329 e. The summed E-state index contributed by atoms with van der Waals surface area (Å²) in [5, 5.41) is 14.5. The van der Waals surface area contributed by atoms with Crippen LogP contribution in [0.2, 0.25) is 0 Å². The minimum atomic E-state index is -0.926. The minimum Gasteiger partial charge on any atom is -0.480 e. The summed E-state index contributed by atoms with van der Waals surface area (Å²) in [6.45, 7) is 5.37. The molecule has 1 aromatic rings. The van der Waals surface area contributed by atoms with E-state index in [1.807, 2.05) is 19.2 Å². The van der Waals surface area contributed by atoms with Gasteiger partial charge < -0.3 is 10.4 Å². The number of carbonyl (C=O) groups is 1. The molecular weight excluding hydrogens is 200 g/mol. The van der Waals surface area contributed by atoms with Crippen molar-refractivity contribution in [1.82, 2.24) is 4.98 Å². The van der Waals surface area contributed by atoms with Gasteiger partial charge in [-0.25, -0.2) is 9.78 Å². The van der Waals surface area contributed by atoms with E-state index in [1.165, 1.54) is 11.3 Å². The zero-order valence-corrected chi connectivity index (χ0v) is 9.31. The van der Waals surface area contributed by atoms with Gasteiger partial charge in [0, 0.05) is 5.38 Å². The zero-order chi connectivity index (χ0) is 10.8. The monoisotopic (exact) mass is 214 g/mol. The quantitative estimate of drug-likeness (QED) is 0.805. The van der Waals surface area contributed by atoms with E-state index in [2.05, 4.69) is 10.3 Å². The molecule has 0 bridgehead atoms. The standard InChI is InChI=1S/C9H14N2O2S/c1-4-9(3,7(12)13)11-8-10-6(2)5-14-8/h5H,4H2,1-3H3,(H,10,11)(H,12,13). The molecule has 0 amide bonds. The van der Waals surface area contributed by atoms with Crippen molar-refractivity contribution in [2.24, 2.45) is 0 Å². The summed E-state index contributed by atoms with van der Waals surface area (Å²) >= 11 is 1.42. The molecular formula is C9H14N2O2S. The fourth-order valence-corrected chi connectivity index (χ4v) is 1.76. The Morgan fingerprint density at radius 3 is 2.79 bits per heavy atom. The number of hydrogen-bond acceptors (Lipinski definition) is 4. The number of nitrogens with zero attached hydrogens (tertiary/aromatic N) is 1. The Kier molecular flexibility index (Phi) is 3.10. The molecule has 1 atom stereocenters. The number of hydrogen-bond donors (Lipinski definition) is 2. The van der Waals surface area contributed by atoms with Crippen LogP contribution in [0.4, 0.5) is 5.13 Å². The number of aliphatic carboxylic acids is 1. The second kappa shape index (κ2) is 3.96. The second-order valence-electron chi connectivity index (χ2n) is 3.41. The van der Waals surface area contributed by atoms with E-state index in [0.717, 1.165) is 5.69 Å². The number of carboxylic acid groups (broad SMARTS) is 1. The van der Waals surface area contributed by atoms with Crippen LogP contribution in [-0.2, 0) is 4.79 Å². The molecule has 0 aliphatic rings. The highest BCUT2D eigenvalue weighted by Gasteiger charge is 2.31. The summed E-state index contributed by atoms with van der Waals surface area (Å²) in [6.07, 6.45) is 0.515. The molecule has 2 N–H and O–H groups in total. The highest BCUT2D eigenvalue weighted by molar-refractivity contribution is 7.13. The molecule has 0 spiro atoms. The number of aryl methyl sites for hydroxylation is 1. The van der Waals surface area contributed by atoms with Gasteiger partial charge in [-0.05, 0) is 20.3 Å². The molecule has 0 saturated heterocycles. The molecule has 0 aromatic carbocycles. The van der Waals surface area contributed by atoms with E-state index in [9.17, 15) is 4.79 Å². The van der Waals surface area contributed by atoms with Gasteiger partial charge in [-0.2, -0.15) is 0 Å². The van der Waals surface area contributed by atoms with E-state index in [-0.39, 0.29) is 0 Å². The first-order chi connectivity index (χ1) is 6.48. The number of anilines is 1. The van der Waals surface area contributed by atoms with Crippen molar-refractivity contribution < 1.29 is 9.90 Å². The van der Waals surface area contributed by atoms with Crippen molar-refractivity contribution in [2.45, 2.75) is 32.7 Å². The van der Waals surface area contributed by atoms with Crippen LogP contribution in [0.1, 0.15) is 26.0 Å². The number of rotatable bonds is 4. The van der Waals surface area contributed by atoms with Crippen LogP contribution in [0.25, 0.3) is 0 Å².